The summed E-state index contributed by atoms with van der Waals surface area (Å²) in [5.74, 6) is 0.00628. The van der Waals surface area contributed by atoms with Crippen molar-refractivity contribution in [1.82, 2.24) is 10.2 Å². The number of hydrogen-bond acceptors (Lipinski definition) is 4. The molecule has 0 saturated carbocycles. The summed E-state index contributed by atoms with van der Waals surface area (Å²) in [6.45, 7) is 7.35. The van der Waals surface area contributed by atoms with Crippen LogP contribution in [0.4, 0.5) is 10.5 Å². The summed E-state index contributed by atoms with van der Waals surface area (Å²) in [5.41, 5.74) is 6.26. The number of benzene rings is 1. The Bertz CT molecular complexity index is 643. The predicted octanol–water partition coefficient (Wildman–Crippen LogP) is 3.41. The number of ether oxygens (including phenoxy) is 1. The Morgan fingerprint density at radius 1 is 1.40 bits per heavy atom. The molecule has 138 valence electrons. The first-order valence-corrected chi connectivity index (χ1v) is 9.26. The van der Waals surface area contributed by atoms with Crippen molar-refractivity contribution in [3.63, 3.8) is 0 Å². The first kappa shape index (κ1) is 19.6. The Morgan fingerprint density at radius 2 is 2.12 bits per heavy atom. The Labute approximate surface area is 157 Å². The van der Waals surface area contributed by atoms with E-state index in [-0.39, 0.29) is 17.9 Å². The van der Waals surface area contributed by atoms with Crippen LogP contribution >= 0.6 is 15.9 Å². The fourth-order valence-corrected chi connectivity index (χ4v) is 3.14. The van der Waals surface area contributed by atoms with Gasteiger partial charge in [0.15, 0.2) is 0 Å². The lowest BCUT2D eigenvalue weighted by molar-refractivity contribution is 0.0167. The number of likely N-dealkylation sites (tertiary alicyclic amines) is 1. The molecule has 7 heteroatoms. The number of hydrogen-bond donors (Lipinski definition) is 2. The number of carbonyl (C=O) groups excluding carboxylic acids is 2. The summed E-state index contributed by atoms with van der Waals surface area (Å²) >= 11 is 3.35. The fraction of sp³-hybridized carbons (Fsp3) is 0.556. The number of halogens is 1. The van der Waals surface area contributed by atoms with Gasteiger partial charge in [0, 0.05) is 29.8 Å². The number of rotatable bonds is 3. The molecular formula is C18H26BrN3O3. The number of nitrogens with two attached hydrogens (primary N) is 1. The summed E-state index contributed by atoms with van der Waals surface area (Å²) < 4.78 is 6.23. The van der Waals surface area contributed by atoms with Crippen LogP contribution in [0.25, 0.3) is 0 Å². The predicted molar refractivity (Wildman–Crippen MR) is 101 cm³/mol. The average molecular weight is 412 g/mol. The van der Waals surface area contributed by atoms with E-state index in [2.05, 4.69) is 21.2 Å². The Balaban J connectivity index is 1.89. The van der Waals surface area contributed by atoms with Crippen molar-refractivity contribution >= 4 is 33.6 Å². The van der Waals surface area contributed by atoms with E-state index in [1.54, 1.807) is 23.1 Å². The molecule has 2 rings (SSSR count). The van der Waals surface area contributed by atoms with Crippen molar-refractivity contribution in [2.75, 3.05) is 25.4 Å². The van der Waals surface area contributed by atoms with Gasteiger partial charge in [-0.2, -0.15) is 0 Å². The van der Waals surface area contributed by atoms with Crippen LogP contribution in [0.2, 0.25) is 0 Å². The van der Waals surface area contributed by atoms with E-state index in [0.717, 1.165) is 17.3 Å². The van der Waals surface area contributed by atoms with Gasteiger partial charge in [-0.3, -0.25) is 4.79 Å². The number of anilines is 1. The summed E-state index contributed by atoms with van der Waals surface area (Å²) in [7, 11) is 0. The Kier molecular flexibility index (Phi) is 6.32. The Hall–Kier alpha value is -1.76. The molecule has 0 aromatic heterocycles. The average Bonchev–Trinajstić information content (AvgIpc) is 2.53. The van der Waals surface area contributed by atoms with Crippen LogP contribution < -0.4 is 11.1 Å². The van der Waals surface area contributed by atoms with Crippen LogP contribution in [0.3, 0.4) is 0 Å². The van der Waals surface area contributed by atoms with Crippen molar-refractivity contribution in [2.45, 2.75) is 39.2 Å². The van der Waals surface area contributed by atoms with Crippen LogP contribution in [0.1, 0.15) is 44.0 Å². The van der Waals surface area contributed by atoms with Gasteiger partial charge in [-0.15, -0.1) is 0 Å². The van der Waals surface area contributed by atoms with Crippen LogP contribution in [0.15, 0.2) is 22.7 Å². The molecule has 1 saturated heterocycles. The Morgan fingerprint density at radius 3 is 2.80 bits per heavy atom. The monoisotopic (exact) mass is 411 g/mol. The van der Waals surface area contributed by atoms with Gasteiger partial charge in [0.1, 0.15) is 5.60 Å². The summed E-state index contributed by atoms with van der Waals surface area (Å²) in [5, 5.41) is 2.93. The van der Waals surface area contributed by atoms with Gasteiger partial charge >= 0.3 is 6.09 Å². The molecule has 1 aliphatic rings. The number of carbonyl (C=O) groups is 2. The van der Waals surface area contributed by atoms with Gasteiger partial charge in [-0.25, -0.2) is 4.79 Å². The van der Waals surface area contributed by atoms with Crippen molar-refractivity contribution < 1.29 is 14.3 Å². The molecule has 1 aromatic rings. The SMILES string of the molecule is CC(C)(C)OC(=O)N1CCCC(CNC(=O)c2cc(Br)ccc2N)C1. The van der Waals surface area contributed by atoms with Crippen molar-refractivity contribution in [3.05, 3.63) is 28.2 Å². The highest BCUT2D eigenvalue weighted by Crippen LogP contribution is 2.20. The van der Waals surface area contributed by atoms with Crippen molar-refractivity contribution in [1.29, 1.82) is 0 Å². The molecule has 1 fully saturated rings. The molecule has 0 radical (unpaired) electrons. The van der Waals surface area contributed by atoms with E-state index in [1.807, 2.05) is 20.8 Å². The number of piperidine rings is 1. The van der Waals surface area contributed by atoms with E-state index < -0.39 is 5.60 Å². The zero-order valence-corrected chi connectivity index (χ0v) is 16.6. The van der Waals surface area contributed by atoms with Gasteiger partial charge in [-0.1, -0.05) is 15.9 Å². The van der Waals surface area contributed by atoms with Crippen LogP contribution in [0.5, 0.6) is 0 Å². The summed E-state index contributed by atoms with van der Waals surface area (Å²) in [4.78, 5) is 26.3. The van der Waals surface area contributed by atoms with Crippen LogP contribution in [-0.4, -0.2) is 42.1 Å². The molecule has 2 amide bonds. The third-order valence-electron chi connectivity index (χ3n) is 3.98. The second-order valence-corrected chi connectivity index (χ2v) is 8.29. The van der Waals surface area contributed by atoms with Gasteiger partial charge < -0.3 is 20.7 Å². The second kappa shape index (κ2) is 8.08. The molecule has 1 unspecified atom stereocenters. The largest absolute Gasteiger partial charge is 0.444 e. The fourth-order valence-electron chi connectivity index (χ4n) is 2.78. The van der Waals surface area contributed by atoms with Gasteiger partial charge in [0.2, 0.25) is 0 Å². The smallest absolute Gasteiger partial charge is 0.410 e. The molecule has 1 atom stereocenters. The highest BCUT2D eigenvalue weighted by Gasteiger charge is 2.27. The molecular weight excluding hydrogens is 386 g/mol. The van der Waals surface area contributed by atoms with Crippen LogP contribution in [0, 0.1) is 5.92 Å². The molecule has 3 N–H and O–H groups in total. The lowest BCUT2D eigenvalue weighted by Gasteiger charge is -2.34. The molecule has 0 aliphatic carbocycles. The number of nitrogens with one attached hydrogen (secondary N) is 1. The van der Waals surface area contributed by atoms with Crippen molar-refractivity contribution in [3.8, 4) is 0 Å². The molecule has 25 heavy (non-hydrogen) atoms. The second-order valence-electron chi connectivity index (χ2n) is 7.38. The maximum atomic E-state index is 12.3. The first-order valence-electron chi connectivity index (χ1n) is 8.47. The minimum atomic E-state index is -0.504. The van der Waals surface area contributed by atoms with E-state index in [0.29, 0.717) is 30.9 Å². The number of amides is 2. The molecule has 1 heterocycles. The maximum Gasteiger partial charge on any atom is 0.410 e. The van der Waals surface area contributed by atoms with Gasteiger partial charge in [0.05, 0.1) is 5.56 Å². The topological polar surface area (TPSA) is 84.7 Å². The zero-order valence-electron chi connectivity index (χ0n) is 15.0. The standard InChI is InChI=1S/C18H26BrN3O3/c1-18(2,3)25-17(24)22-8-4-5-12(11-22)10-21-16(23)14-9-13(19)6-7-15(14)20/h6-7,9,12H,4-5,8,10-11,20H2,1-3H3,(H,21,23). The normalized spacial score (nSPS) is 17.9. The highest BCUT2D eigenvalue weighted by atomic mass is 79.9. The molecule has 1 aliphatic heterocycles. The summed E-state index contributed by atoms with van der Waals surface area (Å²) in [6.07, 6.45) is 1.58. The van der Waals surface area contributed by atoms with Crippen molar-refractivity contribution in [2.24, 2.45) is 5.92 Å². The van der Waals surface area contributed by atoms with E-state index in [1.165, 1.54) is 0 Å². The first-order chi connectivity index (χ1) is 11.7. The maximum absolute atomic E-state index is 12.3. The van der Waals surface area contributed by atoms with Gasteiger partial charge in [-0.05, 0) is 57.7 Å². The third kappa shape index (κ3) is 5.92. The molecule has 1 aromatic carbocycles. The lowest BCUT2D eigenvalue weighted by atomic mass is 9.98. The zero-order chi connectivity index (χ0) is 18.6. The van der Waals surface area contributed by atoms with E-state index >= 15 is 0 Å². The third-order valence-corrected chi connectivity index (χ3v) is 4.48. The van der Waals surface area contributed by atoms with Crippen LogP contribution in [-0.2, 0) is 4.74 Å². The molecule has 6 nitrogen and oxygen atoms in total. The molecule has 0 bridgehead atoms. The van der Waals surface area contributed by atoms with E-state index in [4.69, 9.17) is 10.5 Å². The number of nitrogen functional groups attached to an aromatic ring is 1. The summed E-state index contributed by atoms with van der Waals surface area (Å²) in [6, 6.07) is 5.20. The lowest BCUT2D eigenvalue weighted by Crippen LogP contribution is -2.45. The highest BCUT2D eigenvalue weighted by molar-refractivity contribution is 9.10. The molecule has 0 spiro atoms. The quantitative estimate of drug-likeness (QED) is 0.746. The number of nitrogens with zero attached hydrogens (tertiary/aromatic N) is 1. The van der Waals surface area contributed by atoms with Gasteiger partial charge in [0.25, 0.3) is 5.91 Å². The van der Waals surface area contributed by atoms with E-state index in [9.17, 15) is 9.59 Å². The minimum absolute atomic E-state index is 0.201. The minimum Gasteiger partial charge on any atom is -0.444 e.